The van der Waals surface area contributed by atoms with Crippen LogP contribution < -0.4 is 0 Å². The Morgan fingerprint density at radius 3 is 2.56 bits per heavy atom. The number of rotatable bonds is 2. The van der Waals surface area contributed by atoms with E-state index in [1.54, 1.807) is 0 Å². The molecule has 1 saturated carbocycles. The highest BCUT2D eigenvalue weighted by molar-refractivity contribution is 5.18. The van der Waals surface area contributed by atoms with Crippen molar-refractivity contribution in [3.63, 3.8) is 0 Å². The highest BCUT2D eigenvalue weighted by Gasteiger charge is 2.35. The summed E-state index contributed by atoms with van der Waals surface area (Å²) in [5, 5.41) is 0. The molecule has 1 heterocycles. The Kier molecular flexibility index (Phi) is 3.69. The van der Waals surface area contributed by atoms with Gasteiger partial charge in [0.05, 0.1) is 0 Å². The fourth-order valence-corrected chi connectivity index (χ4v) is 4.07. The second kappa shape index (κ2) is 5.44. The van der Waals surface area contributed by atoms with Crippen LogP contribution in [0.15, 0.2) is 30.3 Å². The minimum Gasteiger partial charge on any atom is -0.293 e. The van der Waals surface area contributed by atoms with Gasteiger partial charge in [-0.05, 0) is 50.6 Å². The molecule has 0 N–H and O–H groups in total. The summed E-state index contributed by atoms with van der Waals surface area (Å²) in [5.41, 5.74) is 1.49. The zero-order chi connectivity index (χ0) is 12.4. The lowest BCUT2D eigenvalue weighted by atomic mass is 9.77. The minimum absolute atomic E-state index is 0.595. The molecule has 98 valence electrons. The summed E-state index contributed by atoms with van der Waals surface area (Å²) in [6, 6.07) is 12.5. The molecule has 0 spiro atoms. The number of fused-ring (bicyclic) bond motifs is 1. The highest BCUT2D eigenvalue weighted by atomic mass is 15.2. The van der Waals surface area contributed by atoms with Crippen molar-refractivity contribution in [1.29, 1.82) is 0 Å². The van der Waals surface area contributed by atoms with Crippen LogP contribution in [-0.2, 0) is 0 Å². The average Bonchev–Trinajstić information content (AvgIpc) is 2.47. The first-order chi connectivity index (χ1) is 8.86. The zero-order valence-electron chi connectivity index (χ0n) is 11.5. The lowest BCUT2D eigenvalue weighted by Crippen LogP contribution is -2.47. The lowest BCUT2D eigenvalue weighted by Gasteiger charge is -2.47. The summed E-state index contributed by atoms with van der Waals surface area (Å²) >= 11 is 0. The van der Waals surface area contributed by atoms with E-state index in [4.69, 9.17) is 0 Å². The maximum absolute atomic E-state index is 2.79. The van der Waals surface area contributed by atoms with E-state index in [9.17, 15) is 0 Å². The summed E-state index contributed by atoms with van der Waals surface area (Å²) in [5.74, 6) is 0.985. The molecule has 0 amide bonds. The van der Waals surface area contributed by atoms with Crippen molar-refractivity contribution in [1.82, 2.24) is 4.90 Å². The van der Waals surface area contributed by atoms with Crippen molar-refractivity contribution in [2.75, 3.05) is 6.54 Å². The van der Waals surface area contributed by atoms with Gasteiger partial charge in [0.15, 0.2) is 0 Å². The Morgan fingerprint density at radius 1 is 1.00 bits per heavy atom. The van der Waals surface area contributed by atoms with Gasteiger partial charge >= 0.3 is 0 Å². The molecule has 1 aromatic carbocycles. The quantitative estimate of drug-likeness (QED) is 0.744. The highest BCUT2D eigenvalue weighted by Crippen LogP contribution is 2.39. The van der Waals surface area contributed by atoms with Gasteiger partial charge in [-0.3, -0.25) is 4.90 Å². The third-order valence-corrected chi connectivity index (χ3v) is 5.07. The Bertz CT molecular complexity index is 370. The van der Waals surface area contributed by atoms with Gasteiger partial charge in [0.1, 0.15) is 0 Å². The first kappa shape index (κ1) is 12.2. The van der Waals surface area contributed by atoms with E-state index in [0.717, 1.165) is 12.0 Å². The molecule has 1 nitrogen and oxygen atoms in total. The van der Waals surface area contributed by atoms with E-state index in [2.05, 4.69) is 42.2 Å². The number of likely N-dealkylation sites (tertiary alicyclic amines) is 1. The maximum Gasteiger partial charge on any atom is 0.0322 e. The Balaban J connectivity index is 1.77. The summed E-state index contributed by atoms with van der Waals surface area (Å²) in [4.78, 5) is 2.79. The SMILES string of the molecule is CC(c1ccccc1)N1CCCC2CCCCC21. The van der Waals surface area contributed by atoms with Crippen LogP contribution in [0.4, 0.5) is 0 Å². The first-order valence-corrected chi connectivity index (χ1v) is 7.67. The normalized spacial score (nSPS) is 30.7. The van der Waals surface area contributed by atoms with Crippen molar-refractivity contribution < 1.29 is 0 Å². The van der Waals surface area contributed by atoms with Gasteiger partial charge in [0, 0.05) is 12.1 Å². The van der Waals surface area contributed by atoms with E-state index >= 15 is 0 Å². The average molecular weight is 243 g/mol. The second-order valence-corrected chi connectivity index (χ2v) is 6.08. The molecular formula is C17H25N. The third kappa shape index (κ3) is 2.33. The molecule has 18 heavy (non-hydrogen) atoms. The van der Waals surface area contributed by atoms with Crippen molar-refractivity contribution in [3.05, 3.63) is 35.9 Å². The molecule has 0 bridgehead atoms. The fraction of sp³-hybridized carbons (Fsp3) is 0.647. The van der Waals surface area contributed by atoms with Crippen LogP contribution in [0.2, 0.25) is 0 Å². The molecule has 0 radical (unpaired) electrons. The zero-order valence-corrected chi connectivity index (χ0v) is 11.5. The summed E-state index contributed by atoms with van der Waals surface area (Å²) in [7, 11) is 0. The van der Waals surface area contributed by atoms with Gasteiger partial charge in [-0.25, -0.2) is 0 Å². The van der Waals surface area contributed by atoms with Crippen LogP contribution in [0.5, 0.6) is 0 Å². The van der Waals surface area contributed by atoms with Gasteiger partial charge in [-0.2, -0.15) is 0 Å². The number of benzene rings is 1. The van der Waals surface area contributed by atoms with Crippen molar-refractivity contribution in [2.24, 2.45) is 5.92 Å². The summed E-state index contributed by atoms with van der Waals surface area (Å²) in [6.45, 7) is 3.70. The predicted octanol–water partition coefficient (Wildman–Crippen LogP) is 4.40. The van der Waals surface area contributed by atoms with E-state index < -0.39 is 0 Å². The van der Waals surface area contributed by atoms with Crippen LogP contribution >= 0.6 is 0 Å². The van der Waals surface area contributed by atoms with Crippen molar-refractivity contribution in [3.8, 4) is 0 Å². The van der Waals surface area contributed by atoms with Crippen LogP contribution in [0, 0.1) is 5.92 Å². The van der Waals surface area contributed by atoms with Crippen molar-refractivity contribution >= 4 is 0 Å². The molecule has 1 aliphatic heterocycles. The maximum atomic E-state index is 2.79. The third-order valence-electron chi connectivity index (χ3n) is 5.07. The predicted molar refractivity (Wildman–Crippen MR) is 76.5 cm³/mol. The smallest absolute Gasteiger partial charge is 0.0322 e. The Morgan fingerprint density at radius 2 is 1.72 bits per heavy atom. The van der Waals surface area contributed by atoms with Crippen LogP contribution in [0.1, 0.15) is 57.1 Å². The molecule has 3 atom stereocenters. The fourth-order valence-electron chi connectivity index (χ4n) is 4.07. The second-order valence-electron chi connectivity index (χ2n) is 6.08. The molecular weight excluding hydrogens is 218 g/mol. The Labute approximate surface area is 111 Å². The van der Waals surface area contributed by atoms with Gasteiger partial charge < -0.3 is 0 Å². The molecule has 1 aliphatic carbocycles. The standard InChI is InChI=1S/C17H25N/c1-14(15-8-3-2-4-9-15)18-13-7-11-16-10-5-6-12-17(16)18/h2-4,8-9,14,16-17H,5-7,10-13H2,1H3. The molecule has 1 aromatic rings. The molecule has 3 rings (SSSR count). The van der Waals surface area contributed by atoms with E-state index in [1.165, 1.54) is 50.6 Å². The monoisotopic (exact) mass is 243 g/mol. The first-order valence-electron chi connectivity index (χ1n) is 7.67. The summed E-state index contributed by atoms with van der Waals surface area (Å²) in [6.07, 6.45) is 8.69. The van der Waals surface area contributed by atoms with Gasteiger partial charge in [-0.1, -0.05) is 43.2 Å². The Hall–Kier alpha value is -0.820. The lowest BCUT2D eigenvalue weighted by molar-refractivity contribution is 0.0308. The largest absolute Gasteiger partial charge is 0.293 e. The van der Waals surface area contributed by atoms with E-state index in [1.807, 2.05) is 0 Å². The van der Waals surface area contributed by atoms with E-state index in [0.29, 0.717) is 6.04 Å². The number of hydrogen-bond donors (Lipinski definition) is 0. The van der Waals surface area contributed by atoms with Crippen LogP contribution in [0.3, 0.4) is 0 Å². The molecule has 1 saturated heterocycles. The molecule has 3 unspecified atom stereocenters. The minimum atomic E-state index is 0.595. The topological polar surface area (TPSA) is 3.24 Å². The van der Waals surface area contributed by atoms with Gasteiger partial charge in [-0.15, -0.1) is 0 Å². The molecule has 1 heteroatoms. The van der Waals surface area contributed by atoms with Gasteiger partial charge in [0.2, 0.25) is 0 Å². The van der Waals surface area contributed by atoms with Gasteiger partial charge in [0.25, 0.3) is 0 Å². The van der Waals surface area contributed by atoms with Crippen molar-refractivity contribution in [2.45, 2.75) is 57.5 Å². The number of hydrogen-bond acceptors (Lipinski definition) is 1. The summed E-state index contributed by atoms with van der Waals surface area (Å²) < 4.78 is 0. The van der Waals surface area contributed by atoms with E-state index in [-0.39, 0.29) is 0 Å². The van der Waals surface area contributed by atoms with Crippen LogP contribution in [-0.4, -0.2) is 17.5 Å². The molecule has 2 aliphatic rings. The van der Waals surface area contributed by atoms with Crippen LogP contribution in [0.25, 0.3) is 0 Å². The number of piperidine rings is 1. The molecule has 2 fully saturated rings. The number of nitrogens with zero attached hydrogens (tertiary/aromatic N) is 1. The molecule has 0 aromatic heterocycles.